The van der Waals surface area contributed by atoms with Crippen molar-refractivity contribution in [3.63, 3.8) is 0 Å². The summed E-state index contributed by atoms with van der Waals surface area (Å²) in [4.78, 5) is 13.3. The standard InChI is InChI=1S/C16H22N4OS/c1-10(15-11(2)19-20(4)12(15)3)17-16(21)18-13-8-6-7-9-14(13)22-5/h6-10H,1-5H3,(H2,17,18,21). The maximum Gasteiger partial charge on any atom is 0.319 e. The first-order valence-corrected chi connectivity index (χ1v) is 8.37. The van der Waals surface area contributed by atoms with Crippen LogP contribution in [0.5, 0.6) is 0 Å². The van der Waals surface area contributed by atoms with E-state index < -0.39 is 0 Å². The van der Waals surface area contributed by atoms with Gasteiger partial charge in [-0.05, 0) is 39.2 Å². The van der Waals surface area contributed by atoms with Crippen molar-refractivity contribution < 1.29 is 4.79 Å². The van der Waals surface area contributed by atoms with Gasteiger partial charge in [-0.25, -0.2) is 4.79 Å². The fourth-order valence-corrected chi connectivity index (χ4v) is 3.15. The van der Waals surface area contributed by atoms with E-state index in [0.717, 1.165) is 27.5 Å². The summed E-state index contributed by atoms with van der Waals surface area (Å²) in [5, 5.41) is 10.3. The van der Waals surface area contributed by atoms with Gasteiger partial charge in [-0.15, -0.1) is 11.8 Å². The molecule has 0 saturated heterocycles. The molecule has 6 heteroatoms. The summed E-state index contributed by atoms with van der Waals surface area (Å²) in [6.07, 6.45) is 1.99. The van der Waals surface area contributed by atoms with E-state index >= 15 is 0 Å². The highest BCUT2D eigenvalue weighted by Gasteiger charge is 2.18. The molecule has 0 saturated carbocycles. The number of aromatic nitrogens is 2. The number of hydrogen-bond acceptors (Lipinski definition) is 3. The van der Waals surface area contributed by atoms with Crippen molar-refractivity contribution in [3.05, 3.63) is 41.2 Å². The van der Waals surface area contributed by atoms with Crippen LogP contribution in [0.3, 0.4) is 0 Å². The minimum Gasteiger partial charge on any atom is -0.331 e. The van der Waals surface area contributed by atoms with Crippen LogP contribution in [0.4, 0.5) is 10.5 Å². The third-order valence-electron chi connectivity index (χ3n) is 3.70. The molecule has 0 fully saturated rings. The largest absolute Gasteiger partial charge is 0.331 e. The Morgan fingerprint density at radius 3 is 2.59 bits per heavy atom. The Balaban J connectivity index is 2.08. The van der Waals surface area contributed by atoms with Crippen LogP contribution >= 0.6 is 11.8 Å². The molecule has 1 atom stereocenters. The number of hydrogen-bond donors (Lipinski definition) is 2. The monoisotopic (exact) mass is 318 g/mol. The Hall–Kier alpha value is -1.95. The zero-order valence-electron chi connectivity index (χ0n) is 13.6. The van der Waals surface area contributed by atoms with Gasteiger partial charge >= 0.3 is 6.03 Å². The van der Waals surface area contributed by atoms with Crippen molar-refractivity contribution in [2.75, 3.05) is 11.6 Å². The van der Waals surface area contributed by atoms with Gasteiger partial charge in [-0.3, -0.25) is 4.68 Å². The number of anilines is 1. The molecule has 2 rings (SSSR count). The van der Waals surface area contributed by atoms with Gasteiger partial charge in [0, 0.05) is 23.2 Å². The lowest BCUT2D eigenvalue weighted by atomic mass is 10.1. The number of aryl methyl sites for hydroxylation is 2. The number of benzene rings is 1. The highest BCUT2D eigenvalue weighted by Crippen LogP contribution is 2.25. The van der Waals surface area contributed by atoms with Crippen molar-refractivity contribution in [2.24, 2.45) is 7.05 Å². The number of para-hydroxylation sites is 1. The van der Waals surface area contributed by atoms with Gasteiger partial charge in [0.05, 0.1) is 17.4 Å². The SMILES string of the molecule is CSc1ccccc1NC(=O)NC(C)c1c(C)nn(C)c1C. The van der Waals surface area contributed by atoms with Gasteiger partial charge in [-0.1, -0.05) is 12.1 Å². The van der Waals surface area contributed by atoms with Crippen molar-refractivity contribution in [2.45, 2.75) is 31.7 Å². The summed E-state index contributed by atoms with van der Waals surface area (Å²) in [6, 6.07) is 7.44. The normalized spacial score (nSPS) is 12.0. The number of urea groups is 1. The molecule has 1 unspecified atom stereocenters. The maximum atomic E-state index is 12.2. The number of carbonyl (C=O) groups is 1. The lowest BCUT2D eigenvalue weighted by molar-refractivity contribution is 0.249. The Bertz CT molecular complexity index is 681. The molecule has 0 aliphatic rings. The first kappa shape index (κ1) is 16.4. The molecule has 0 spiro atoms. The summed E-state index contributed by atoms with van der Waals surface area (Å²) in [5.74, 6) is 0. The third kappa shape index (κ3) is 3.44. The zero-order valence-corrected chi connectivity index (χ0v) is 14.4. The first-order chi connectivity index (χ1) is 10.4. The van der Waals surface area contributed by atoms with E-state index in [1.807, 2.05) is 63.0 Å². The van der Waals surface area contributed by atoms with E-state index in [-0.39, 0.29) is 12.1 Å². The molecule has 2 amide bonds. The molecule has 1 heterocycles. The third-order valence-corrected chi connectivity index (χ3v) is 4.50. The van der Waals surface area contributed by atoms with Crippen LogP contribution < -0.4 is 10.6 Å². The maximum absolute atomic E-state index is 12.2. The topological polar surface area (TPSA) is 59.0 Å². The molecule has 1 aromatic carbocycles. The number of nitrogens with zero attached hydrogens (tertiary/aromatic N) is 2. The van der Waals surface area contributed by atoms with Crippen LogP contribution in [0.2, 0.25) is 0 Å². The van der Waals surface area contributed by atoms with E-state index in [1.165, 1.54) is 0 Å². The van der Waals surface area contributed by atoms with Crippen LogP contribution in [-0.4, -0.2) is 22.1 Å². The summed E-state index contributed by atoms with van der Waals surface area (Å²) in [6.45, 7) is 5.94. The van der Waals surface area contributed by atoms with Gasteiger partial charge in [0.15, 0.2) is 0 Å². The van der Waals surface area contributed by atoms with E-state index in [9.17, 15) is 4.79 Å². The quantitative estimate of drug-likeness (QED) is 0.846. The molecule has 0 aliphatic heterocycles. The molecular formula is C16H22N4OS. The number of rotatable bonds is 4. The second-order valence-electron chi connectivity index (χ2n) is 5.23. The van der Waals surface area contributed by atoms with Gasteiger partial charge in [0.25, 0.3) is 0 Å². The number of amides is 2. The van der Waals surface area contributed by atoms with Crippen molar-refractivity contribution in [1.29, 1.82) is 0 Å². The summed E-state index contributed by atoms with van der Waals surface area (Å²) >= 11 is 1.61. The Morgan fingerprint density at radius 1 is 1.32 bits per heavy atom. The highest BCUT2D eigenvalue weighted by atomic mass is 32.2. The number of carbonyl (C=O) groups excluding carboxylic acids is 1. The zero-order chi connectivity index (χ0) is 16.3. The fourth-order valence-electron chi connectivity index (χ4n) is 2.59. The number of thioether (sulfide) groups is 1. The predicted octanol–water partition coefficient (Wildman–Crippen LogP) is 3.64. The lowest BCUT2D eigenvalue weighted by Gasteiger charge is -2.16. The average Bonchev–Trinajstić information content (AvgIpc) is 2.72. The van der Waals surface area contributed by atoms with Gasteiger partial charge in [0.2, 0.25) is 0 Å². The number of nitrogens with one attached hydrogen (secondary N) is 2. The smallest absolute Gasteiger partial charge is 0.319 e. The summed E-state index contributed by atoms with van der Waals surface area (Å²) in [7, 11) is 1.91. The summed E-state index contributed by atoms with van der Waals surface area (Å²) in [5.41, 5.74) is 3.89. The van der Waals surface area contributed by atoms with Crippen LogP contribution in [0, 0.1) is 13.8 Å². The van der Waals surface area contributed by atoms with E-state index in [0.29, 0.717) is 0 Å². The molecule has 0 aliphatic carbocycles. The predicted molar refractivity (Wildman–Crippen MR) is 91.5 cm³/mol. The minimum atomic E-state index is -0.211. The molecule has 118 valence electrons. The van der Waals surface area contributed by atoms with Gasteiger partial charge in [-0.2, -0.15) is 5.10 Å². The van der Waals surface area contributed by atoms with Crippen molar-refractivity contribution in [1.82, 2.24) is 15.1 Å². The molecule has 5 nitrogen and oxygen atoms in total. The molecule has 1 aromatic heterocycles. The van der Waals surface area contributed by atoms with Crippen LogP contribution in [0.25, 0.3) is 0 Å². The van der Waals surface area contributed by atoms with Gasteiger partial charge in [0.1, 0.15) is 0 Å². The van der Waals surface area contributed by atoms with Crippen LogP contribution in [0.1, 0.15) is 29.9 Å². The van der Waals surface area contributed by atoms with Crippen LogP contribution in [0.15, 0.2) is 29.2 Å². The highest BCUT2D eigenvalue weighted by molar-refractivity contribution is 7.98. The average molecular weight is 318 g/mol. The second kappa shape index (κ2) is 6.87. The lowest BCUT2D eigenvalue weighted by Crippen LogP contribution is -2.31. The Labute approximate surface area is 135 Å². The molecule has 0 radical (unpaired) electrons. The molecule has 2 N–H and O–H groups in total. The summed E-state index contributed by atoms with van der Waals surface area (Å²) < 4.78 is 1.84. The fraction of sp³-hybridized carbons (Fsp3) is 0.375. The second-order valence-corrected chi connectivity index (χ2v) is 6.08. The van der Waals surface area contributed by atoms with E-state index in [4.69, 9.17) is 0 Å². The first-order valence-electron chi connectivity index (χ1n) is 7.14. The molecule has 2 aromatic rings. The van der Waals surface area contributed by atoms with Gasteiger partial charge < -0.3 is 10.6 Å². The Morgan fingerprint density at radius 2 is 2.00 bits per heavy atom. The van der Waals surface area contributed by atoms with Crippen molar-refractivity contribution >= 4 is 23.5 Å². The van der Waals surface area contributed by atoms with E-state index in [1.54, 1.807) is 11.8 Å². The molecule has 0 bridgehead atoms. The van der Waals surface area contributed by atoms with Crippen LogP contribution in [-0.2, 0) is 7.05 Å². The molecular weight excluding hydrogens is 296 g/mol. The molecule has 22 heavy (non-hydrogen) atoms. The van der Waals surface area contributed by atoms with Crippen molar-refractivity contribution in [3.8, 4) is 0 Å². The Kier molecular flexibility index (Phi) is 5.13. The van der Waals surface area contributed by atoms with E-state index in [2.05, 4.69) is 15.7 Å². The minimum absolute atomic E-state index is 0.102.